The molecule has 0 aromatic heterocycles. The molecule has 0 bridgehead atoms. The molecule has 1 aliphatic heterocycles. The fourth-order valence-corrected chi connectivity index (χ4v) is 2.80. The summed E-state index contributed by atoms with van der Waals surface area (Å²) >= 11 is 0. The molecule has 0 saturated heterocycles. The van der Waals surface area contributed by atoms with E-state index in [4.69, 9.17) is 4.74 Å². The van der Waals surface area contributed by atoms with Gasteiger partial charge in [-0.05, 0) is 37.0 Å². The van der Waals surface area contributed by atoms with Crippen molar-refractivity contribution in [2.75, 3.05) is 0 Å². The fourth-order valence-electron chi connectivity index (χ4n) is 2.80. The summed E-state index contributed by atoms with van der Waals surface area (Å²) in [6.45, 7) is 6.12. The van der Waals surface area contributed by atoms with Crippen LogP contribution >= 0.6 is 0 Å². The second-order valence-corrected chi connectivity index (χ2v) is 5.64. The van der Waals surface area contributed by atoms with E-state index >= 15 is 0 Å². The second kappa shape index (κ2) is 9.90. The van der Waals surface area contributed by atoms with Crippen LogP contribution in [0.5, 0.6) is 0 Å². The third-order valence-electron chi connectivity index (χ3n) is 4.26. The van der Waals surface area contributed by atoms with E-state index in [-0.39, 0.29) is 91.3 Å². The molecule has 0 radical (unpaired) electrons. The number of benzene rings is 2. The van der Waals surface area contributed by atoms with Crippen molar-refractivity contribution in [3.8, 4) is 0 Å². The van der Waals surface area contributed by atoms with E-state index in [2.05, 4.69) is 37.4 Å². The molecular formula is C19H19NO2RbW-. The number of nitrogens with zero attached hydrogens (tertiary/aromatic N) is 1. The van der Waals surface area contributed by atoms with Crippen molar-refractivity contribution >= 4 is 11.6 Å². The van der Waals surface area contributed by atoms with Crippen LogP contribution < -0.4 is 58.2 Å². The van der Waals surface area contributed by atoms with Gasteiger partial charge in [0.25, 0.3) is 0 Å². The van der Waals surface area contributed by atoms with Crippen LogP contribution in [0.2, 0.25) is 0 Å². The standard InChI is InChI=1S/C19H20NO2.Rb.W/c1-4-17-19(21)20-16-11-6-5-9-15(16)18(22-17)14-10-7-8-12(2)13(14)3;;/h6-11,17-18H,4H2,1-3H3,(H,20,21);;/q-1;+1;/p-1/t17-,18-;;/m1../s1. The van der Waals surface area contributed by atoms with Crippen molar-refractivity contribution < 1.29 is 88.8 Å². The second-order valence-electron chi connectivity index (χ2n) is 5.64. The van der Waals surface area contributed by atoms with Crippen LogP contribution in [0.4, 0.5) is 5.69 Å². The molecule has 3 nitrogen and oxygen atoms in total. The van der Waals surface area contributed by atoms with E-state index in [0.29, 0.717) is 12.1 Å². The molecule has 3 rings (SSSR count). The SMILES string of the molecule is CC[C@H]1O[C@H](c2cccc(C)c2C)c2c[c-]ccc2[N-]C1=O.[Rb+].[W]. The normalized spacial score (nSPS) is 19.2. The molecule has 1 amide bonds. The van der Waals surface area contributed by atoms with E-state index in [0.717, 1.165) is 11.1 Å². The van der Waals surface area contributed by atoms with Crippen LogP contribution in [0.25, 0.3) is 5.32 Å². The minimum atomic E-state index is -0.502. The van der Waals surface area contributed by atoms with Gasteiger partial charge in [-0.25, -0.2) is 5.69 Å². The van der Waals surface area contributed by atoms with E-state index in [1.807, 2.05) is 25.1 Å². The quantitative estimate of drug-likeness (QED) is 0.522. The molecule has 120 valence electrons. The van der Waals surface area contributed by atoms with Crippen LogP contribution in [0.1, 0.15) is 41.7 Å². The third-order valence-corrected chi connectivity index (χ3v) is 4.26. The number of ether oxygens (including phenoxy) is 1. The van der Waals surface area contributed by atoms with Gasteiger partial charge < -0.3 is 14.8 Å². The van der Waals surface area contributed by atoms with E-state index in [9.17, 15) is 4.79 Å². The Kier molecular flexibility index (Phi) is 9.24. The van der Waals surface area contributed by atoms with E-state index in [1.54, 1.807) is 6.07 Å². The number of aryl methyl sites for hydroxylation is 1. The number of carbonyl (C=O) groups is 1. The molecule has 1 aliphatic rings. The Hall–Kier alpha value is 0.364. The van der Waals surface area contributed by atoms with Crippen LogP contribution in [-0.2, 0) is 30.6 Å². The summed E-state index contributed by atoms with van der Waals surface area (Å²) in [7, 11) is 0. The molecule has 0 fully saturated rings. The van der Waals surface area contributed by atoms with Crippen LogP contribution in [0.3, 0.4) is 0 Å². The number of amides is 1. The van der Waals surface area contributed by atoms with E-state index < -0.39 is 6.10 Å². The van der Waals surface area contributed by atoms with Crippen LogP contribution in [0, 0.1) is 19.9 Å². The predicted octanol–water partition coefficient (Wildman–Crippen LogP) is 1.54. The van der Waals surface area contributed by atoms with Gasteiger partial charge in [0.15, 0.2) is 0 Å². The summed E-state index contributed by atoms with van der Waals surface area (Å²) < 4.78 is 6.16. The van der Waals surface area contributed by atoms with Crippen molar-refractivity contribution in [1.82, 2.24) is 0 Å². The summed E-state index contributed by atoms with van der Waals surface area (Å²) in [5.74, 6) is -0.206. The van der Waals surface area contributed by atoms with Crippen LogP contribution in [0.15, 0.2) is 36.4 Å². The number of hydrogen-bond donors (Lipinski definition) is 0. The molecular weight excluding hydrogens is 544 g/mol. The maximum Gasteiger partial charge on any atom is 1.00 e. The Morgan fingerprint density at radius 2 is 1.96 bits per heavy atom. The number of hydrogen-bond acceptors (Lipinski definition) is 2. The molecule has 5 heteroatoms. The fraction of sp³-hybridized carbons (Fsp3) is 0.316. The molecule has 2 aromatic carbocycles. The summed E-state index contributed by atoms with van der Waals surface area (Å²) in [6, 6.07) is 14.7. The van der Waals surface area contributed by atoms with Crippen molar-refractivity contribution in [2.45, 2.75) is 39.4 Å². The minimum Gasteiger partial charge on any atom is -0.645 e. The first-order chi connectivity index (χ1) is 10.6. The first kappa shape index (κ1) is 22.4. The number of carbonyl (C=O) groups excluding carboxylic acids is 1. The minimum absolute atomic E-state index is 0. The maximum atomic E-state index is 12.2. The topological polar surface area (TPSA) is 40.4 Å². The van der Waals surface area contributed by atoms with Gasteiger partial charge in [-0.2, -0.15) is 24.3 Å². The van der Waals surface area contributed by atoms with Crippen LogP contribution in [-0.4, -0.2) is 12.0 Å². The van der Waals surface area contributed by atoms with Gasteiger partial charge in [0.1, 0.15) is 0 Å². The summed E-state index contributed by atoms with van der Waals surface area (Å²) in [4.78, 5) is 12.2. The molecule has 2 atom stereocenters. The Labute approximate surface area is 207 Å². The zero-order valence-corrected chi connectivity index (χ0v) is 22.3. The third kappa shape index (κ3) is 4.55. The molecule has 0 saturated carbocycles. The molecule has 2 aromatic rings. The van der Waals surface area contributed by atoms with Crippen molar-refractivity contribution in [3.05, 3.63) is 70.0 Å². The molecule has 24 heavy (non-hydrogen) atoms. The number of fused-ring (bicyclic) bond motifs is 1. The molecule has 0 spiro atoms. The maximum absolute atomic E-state index is 12.2. The zero-order valence-electron chi connectivity index (χ0n) is 14.5. The first-order valence-corrected chi connectivity index (χ1v) is 7.59. The zero-order chi connectivity index (χ0) is 15.7. The Balaban J connectivity index is 0.00000144. The van der Waals surface area contributed by atoms with Gasteiger partial charge >= 0.3 is 58.2 Å². The summed E-state index contributed by atoms with van der Waals surface area (Å²) in [6.07, 6.45) is -0.175. The monoisotopic (exact) mass is 562 g/mol. The smallest absolute Gasteiger partial charge is 0.645 e. The summed E-state index contributed by atoms with van der Waals surface area (Å²) in [5.41, 5.74) is 5.07. The van der Waals surface area contributed by atoms with Gasteiger partial charge in [-0.3, -0.25) is 0 Å². The van der Waals surface area contributed by atoms with Gasteiger partial charge in [0.05, 0.1) is 18.1 Å². The summed E-state index contributed by atoms with van der Waals surface area (Å²) in [5, 5.41) is 4.24. The molecule has 1 heterocycles. The number of rotatable bonds is 2. The van der Waals surface area contributed by atoms with Gasteiger partial charge in [-0.1, -0.05) is 25.1 Å². The largest absolute Gasteiger partial charge is 1.00 e. The van der Waals surface area contributed by atoms with Gasteiger partial charge in [-0.15, -0.1) is 5.56 Å². The van der Waals surface area contributed by atoms with Gasteiger partial charge in [0, 0.05) is 21.1 Å². The van der Waals surface area contributed by atoms with E-state index in [1.165, 1.54) is 11.1 Å². The van der Waals surface area contributed by atoms with Gasteiger partial charge in [0.2, 0.25) is 0 Å². The molecule has 0 aliphatic carbocycles. The molecule has 0 unspecified atom stereocenters. The first-order valence-electron chi connectivity index (χ1n) is 7.59. The Morgan fingerprint density at radius 1 is 1.21 bits per heavy atom. The Morgan fingerprint density at radius 3 is 2.67 bits per heavy atom. The van der Waals surface area contributed by atoms with Crippen molar-refractivity contribution in [1.29, 1.82) is 0 Å². The Bertz CT molecular complexity index is 720. The average molecular weight is 563 g/mol. The van der Waals surface area contributed by atoms with Crippen molar-refractivity contribution in [2.24, 2.45) is 0 Å². The predicted molar refractivity (Wildman–Crippen MR) is 86.2 cm³/mol. The van der Waals surface area contributed by atoms with Crippen molar-refractivity contribution in [3.63, 3.8) is 0 Å². The molecule has 0 N–H and O–H groups in total. The average Bonchev–Trinajstić information content (AvgIpc) is 2.66.